The van der Waals surface area contributed by atoms with Crippen LogP contribution >= 0.6 is 12.6 Å². The molecule has 2 N–H and O–H groups in total. The lowest BCUT2D eigenvalue weighted by molar-refractivity contribution is 0.0676. The summed E-state index contributed by atoms with van der Waals surface area (Å²) in [6.45, 7) is 0.388. The summed E-state index contributed by atoms with van der Waals surface area (Å²) in [7, 11) is 0. The number of benzene rings is 2. The fourth-order valence-electron chi connectivity index (χ4n) is 3.40. The van der Waals surface area contributed by atoms with E-state index in [2.05, 4.69) is 12.6 Å². The SMILES string of the molecule is O=C(O)c1ccccc1CCn1c(C(=O)O)c(CCS)c2ccccc21. The second kappa shape index (κ2) is 7.66. The number of aromatic carboxylic acids is 2. The smallest absolute Gasteiger partial charge is 0.352 e. The molecule has 0 aliphatic rings. The van der Waals surface area contributed by atoms with Crippen molar-refractivity contribution in [2.24, 2.45) is 0 Å². The first-order chi connectivity index (χ1) is 12.5. The molecule has 0 amide bonds. The first-order valence-electron chi connectivity index (χ1n) is 8.30. The monoisotopic (exact) mass is 369 g/mol. The van der Waals surface area contributed by atoms with E-state index in [0.717, 1.165) is 16.5 Å². The molecule has 1 aromatic heterocycles. The normalized spacial score (nSPS) is 11.0. The molecule has 6 heteroatoms. The molecule has 134 valence electrons. The van der Waals surface area contributed by atoms with Gasteiger partial charge in [-0.3, -0.25) is 0 Å². The number of aromatic nitrogens is 1. The van der Waals surface area contributed by atoms with Crippen LogP contribution in [0.5, 0.6) is 0 Å². The Morgan fingerprint density at radius 3 is 2.31 bits per heavy atom. The maximum absolute atomic E-state index is 11.9. The molecule has 0 atom stereocenters. The highest BCUT2D eigenvalue weighted by Gasteiger charge is 2.22. The Balaban J connectivity index is 2.07. The van der Waals surface area contributed by atoms with E-state index in [4.69, 9.17) is 0 Å². The van der Waals surface area contributed by atoms with Crippen LogP contribution in [0.1, 0.15) is 32.0 Å². The van der Waals surface area contributed by atoms with E-state index in [1.165, 1.54) is 0 Å². The van der Waals surface area contributed by atoms with E-state index < -0.39 is 11.9 Å². The van der Waals surface area contributed by atoms with Crippen LogP contribution in [0.25, 0.3) is 10.9 Å². The van der Waals surface area contributed by atoms with Crippen LogP contribution in [0.4, 0.5) is 0 Å². The zero-order valence-corrected chi connectivity index (χ0v) is 14.9. The van der Waals surface area contributed by atoms with Crippen LogP contribution in [-0.2, 0) is 19.4 Å². The Morgan fingerprint density at radius 1 is 0.923 bits per heavy atom. The molecular formula is C20H19NO4S. The Morgan fingerprint density at radius 2 is 1.62 bits per heavy atom. The van der Waals surface area contributed by atoms with Gasteiger partial charge in [0.25, 0.3) is 0 Å². The number of carboxylic acid groups (broad SMARTS) is 2. The van der Waals surface area contributed by atoms with Crippen molar-refractivity contribution < 1.29 is 19.8 Å². The maximum Gasteiger partial charge on any atom is 0.352 e. The highest BCUT2D eigenvalue weighted by atomic mass is 32.1. The van der Waals surface area contributed by atoms with Crippen LogP contribution in [0.15, 0.2) is 48.5 Å². The van der Waals surface area contributed by atoms with E-state index in [-0.39, 0.29) is 11.3 Å². The fourth-order valence-corrected chi connectivity index (χ4v) is 3.62. The summed E-state index contributed by atoms with van der Waals surface area (Å²) in [4.78, 5) is 23.3. The summed E-state index contributed by atoms with van der Waals surface area (Å²) >= 11 is 4.26. The fraction of sp³-hybridized carbons (Fsp3) is 0.200. The molecule has 0 unspecified atom stereocenters. The summed E-state index contributed by atoms with van der Waals surface area (Å²) in [6.07, 6.45) is 0.992. The Hall–Kier alpha value is -2.73. The molecule has 26 heavy (non-hydrogen) atoms. The van der Waals surface area contributed by atoms with Gasteiger partial charge in [0, 0.05) is 17.4 Å². The third kappa shape index (κ3) is 3.32. The molecule has 1 heterocycles. The van der Waals surface area contributed by atoms with Crippen LogP contribution in [-0.4, -0.2) is 32.5 Å². The second-order valence-corrected chi connectivity index (χ2v) is 6.43. The average Bonchev–Trinajstić information content (AvgIpc) is 2.94. The number of thiol groups is 1. The van der Waals surface area contributed by atoms with Crippen molar-refractivity contribution in [3.63, 3.8) is 0 Å². The quantitative estimate of drug-likeness (QED) is 0.554. The van der Waals surface area contributed by atoms with Crippen LogP contribution < -0.4 is 0 Å². The van der Waals surface area contributed by atoms with E-state index in [0.29, 0.717) is 30.7 Å². The molecular weight excluding hydrogens is 350 g/mol. The molecule has 0 saturated carbocycles. The van der Waals surface area contributed by atoms with E-state index in [1.54, 1.807) is 28.8 Å². The summed E-state index contributed by atoms with van der Waals surface area (Å²) in [5.41, 5.74) is 2.80. The standard InChI is InChI=1S/C20H19NO4S/c22-19(23)14-6-2-1-5-13(14)9-11-21-17-8-4-3-7-15(17)16(10-12-26)18(21)20(24)25/h1-8,26H,9-12H2,(H,22,23)(H,24,25). The van der Waals surface area contributed by atoms with Gasteiger partial charge < -0.3 is 14.8 Å². The Bertz CT molecular complexity index is 977. The molecule has 3 rings (SSSR count). The molecule has 5 nitrogen and oxygen atoms in total. The number of hydrogen-bond donors (Lipinski definition) is 3. The third-order valence-electron chi connectivity index (χ3n) is 4.49. The number of nitrogens with zero attached hydrogens (tertiary/aromatic N) is 1. The van der Waals surface area contributed by atoms with Gasteiger partial charge >= 0.3 is 11.9 Å². The van der Waals surface area contributed by atoms with E-state index >= 15 is 0 Å². The lowest BCUT2D eigenvalue weighted by Crippen LogP contribution is -2.13. The number of carboxylic acids is 2. The zero-order chi connectivity index (χ0) is 18.7. The molecule has 0 fully saturated rings. The predicted molar refractivity (Wildman–Crippen MR) is 104 cm³/mol. The first kappa shape index (κ1) is 18.1. The maximum atomic E-state index is 11.9. The number of aryl methyl sites for hydroxylation is 3. The first-order valence-corrected chi connectivity index (χ1v) is 8.93. The predicted octanol–water partition coefficient (Wildman–Crippen LogP) is 3.75. The second-order valence-electron chi connectivity index (χ2n) is 5.99. The van der Waals surface area contributed by atoms with Crippen molar-refractivity contribution in [2.75, 3.05) is 5.75 Å². The molecule has 0 aliphatic heterocycles. The Labute approximate surface area is 156 Å². The topological polar surface area (TPSA) is 79.5 Å². The molecule has 0 spiro atoms. The van der Waals surface area contributed by atoms with Gasteiger partial charge in [-0.1, -0.05) is 36.4 Å². The van der Waals surface area contributed by atoms with Gasteiger partial charge in [-0.2, -0.15) is 12.6 Å². The number of hydrogen-bond acceptors (Lipinski definition) is 3. The van der Waals surface area contributed by atoms with Gasteiger partial charge in [-0.15, -0.1) is 0 Å². The lowest BCUT2D eigenvalue weighted by atomic mass is 10.0. The van der Waals surface area contributed by atoms with E-state index in [1.807, 2.05) is 24.3 Å². The number of fused-ring (bicyclic) bond motifs is 1. The van der Waals surface area contributed by atoms with Crippen molar-refractivity contribution >= 4 is 35.5 Å². The van der Waals surface area contributed by atoms with Gasteiger partial charge in [0.2, 0.25) is 0 Å². The summed E-state index contributed by atoms with van der Waals surface area (Å²) in [5, 5.41) is 20.0. The average molecular weight is 369 g/mol. The van der Waals surface area contributed by atoms with Crippen molar-refractivity contribution in [1.82, 2.24) is 4.57 Å². The number of carbonyl (C=O) groups is 2. The molecule has 3 aromatic rings. The van der Waals surface area contributed by atoms with Crippen molar-refractivity contribution in [3.05, 3.63) is 70.9 Å². The molecule has 0 aliphatic carbocycles. The molecule has 0 saturated heterocycles. The molecule has 0 bridgehead atoms. The van der Waals surface area contributed by atoms with Crippen LogP contribution in [0.3, 0.4) is 0 Å². The van der Waals surface area contributed by atoms with Crippen molar-refractivity contribution in [2.45, 2.75) is 19.4 Å². The summed E-state index contributed by atoms with van der Waals surface area (Å²) in [6, 6.07) is 14.4. The van der Waals surface area contributed by atoms with Gasteiger partial charge in [0.15, 0.2) is 0 Å². The third-order valence-corrected chi connectivity index (χ3v) is 4.72. The molecule has 0 radical (unpaired) electrons. The van der Waals surface area contributed by atoms with Gasteiger partial charge in [-0.05, 0) is 41.9 Å². The number of rotatable bonds is 7. The molecule has 2 aromatic carbocycles. The summed E-state index contributed by atoms with van der Waals surface area (Å²) in [5.74, 6) is -1.41. The largest absolute Gasteiger partial charge is 0.478 e. The Kier molecular flexibility index (Phi) is 5.32. The summed E-state index contributed by atoms with van der Waals surface area (Å²) < 4.78 is 1.77. The zero-order valence-electron chi connectivity index (χ0n) is 14.1. The lowest BCUT2D eigenvalue weighted by Gasteiger charge is -2.11. The van der Waals surface area contributed by atoms with Gasteiger partial charge in [-0.25, -0.2) is 9.59 Å². The van der Waals surface area contributed by atoms with Crippen LogP contribution in [0, 0.1) is 0 Å². The van der Waals surface area contributed by atoms with Crippen LogP contribution in [0.2, 0.25) is 0 Å². The van der Waals surface area contributed by atoms with E-state index in [9.17, 15) is 19.8 Å². The number of para-hydroxylation sites is 1. The minimum Gasteiger partial charge on any atom is -0.478 e. The minimum absolute atomic E-state index is 0.247. The van der Waals surface area contributed by atoms with Crippen molar-refractivity contribution in [1.29, 1.82) is 0 Å². The minimum atomic E-state index is -0.982. The van der Waals surface area contributed by atoms with Crippen molar-refractivity contribution in [3.8, 4) is 0 Å². The highest BCUT2D eigenvalue weighted by Crippen LogP contribution is 2.28. The van der Waals surface area contributed by atoms with Gasteiger partial charge in [0.05, 0.1) is 5.56 Å². The highest BCUT2D eigenvalue weighted by molar-refractivity contribution is 7.80. The van der Waals surface area contributed by atoms with Gasteiger partial charge in [0.1, 0.15) is 5.69 Å².